The number of rotatable bonds is 4. The Hall–Kier alpha value is -2.57. The summed E-state index contributed by atoms with van der Waals surface area (Å²) in [4.78, 5) is 18.8. The Bertz CT molecular complexity index is 982. The number of phenols is 1. The quantitative estimate of drug-likeness (QED) is 0.741. The molecule has 7 heteroatoms. The fourth-order valence-electron chi connectivity index (χ4n) is 4.46. The number of hydrogen-bond acceptors (Lipinski definition) is 5. The highest BCUT2D eigenvalue weighted by Crippen LogP contribution is 2.40. The Morgan fingerprint density at radius 1 is 1.26 bits per heavy atom. The van der Waals surface area contributed by atoms with E-state index in [9.17, 15) is 9.90 Å². The van der Waals surface area contributed by atoms with Crippen LogP contribution in [0.25, 0.3) is 0 Å². The lowest BCUT2D eigenvalue weighted by Crippen LogP contribution is -2.56. The van der Waals surface area contributed by atoms with Gasteiger partial charge in [0, 0.05) is 61.6 Å². The third kappa shape index (κ3) is 4.55. The first-order chi connectivity index (χ1) is 14.9. The molecule has 0 aliphatic carbocycles. The molecular formula is C24H28ClN3O3. The molecule has 1 amide bonds. The highest BCUT2D eigenvalue weighted by Gasteiger charge is 2.41. The molecule has 1 spiro atoms. The van der Waals surface area contributed by atoms with Crippen LogP contribution in [0.5, 0.6) is 11.5 Å². The molecule has 0 radical (unpaired) electrons. The van der Waals surface area contributed by atoms with Crippen LogP contribution < -0.4 is 10.1 Å². The average molecular weight is 442 g/mol. The first kappa shape index (κ1) is 21.7. The molecule has 2 aromatic carbocycles. The normalized spacial score (nSPS) is 20.4. The van der Waals surface area contributed by atoms with E-state index in [1.165, 1.54) is 0 Å². The lowest BCUT2D eigenvalue weighted by molar-refractivity contribution is -0.130. The van der Waals surface area contributed by atoms with Crippen LogP contribution in [0, 0.1) is 0 Å². The van der Waals surface area contributed by atoms with Crippen molar-refractivity contribution in [2.45, 2.75) is 44.8 Å². The van der Waals surface area contributed by atoms with E-state index in [-0.39, 0.29) is 17.7 Å². The molecule has 0 aromatic heterocycles. The Morgan fingerprint density at radius 2 is 1.97 bits per heavy atom. The van der Waals surface area contributed by atoms with Gasteiger partial charge in [-0.1, -0.05) is 35.9 Å². The van der Waals surface area contributed by atoms with Crippen LogP contribution in [0.15, 0.2) is 47.5 Å². The van der Waals surface area contributed by atoms with E-state index < -0.39 is 5.66 Å². The topological polar surface area (TPSA) is 74.2 Å². The zero-order valence-electron chi connectivity index (χ0n) is 17.9. The van der Waals surface area contributed by atoms with Gasteiger partial charge in [0.05, 0.1) is 6.61 Å². The molecule has 1 atom stereocenters. The molecule has 2 aliphatic rings. The third-order valence-electron chi connectivity index (χ3n) is 6.11. The number of nitrogens with one attached hydrogen (secondary N) is 1. The SMILES string of the molecule is CCOc1cccc([C@H]2CC(c3ccc(Cl)cc3)=NC3(CCN(C(C)=O)CC3)N2)c1O. The molecule has 0 bridgehead atoms. The maximum Gasteiger partial charge on any atom is 0.219 e. The van der Waals surface area contributed by atoms with E-state index in [0.29, 0.717) is 49.7 Å². The smallest absolute Gasteiger partial charge is 0.219 e. The largest absolute Gasteiger partial charge is 0.504 e. The first-order valence-corrected chi connectivity index (χ1v) is 11.1. The van der Waals surface area contributed by atoms with E-state index in [1.54, 1.807) is 13.0 Å². The van der Waals surface area contributed by atoms with Gasteiger partial charge in [-0.15, -0.1) is 0 Å². The molecule has 2 aromatic rings. The summed E-state index contributed by atoms with van der Waals surface area (Å²) < 4.78 is 5.60. The molecule has 2 N–H and O–H groups in total. The van der Waals surface area contributed by atoms with Crippen molar-refractivity contribution in [1.29, 1.82) is 0 Å². The highest BCUT2D eigenvalue weighted by molar-refractivity contribution is 6.30. The third-order valence-corrected chi connectivity index (χ3v) is 6.36. The minimum Gasteiger partial charge on any atom is -0.504 e. The van der Waals surface area contributed by atoms with Crippen molar-refractivity contribution >= 4 is 23.2 Å². The van der Waals surface area contributed by atoms with Crippen molar-refractivity contribution in [2.75, 3.05) is 19.7 Å². The number of amides is 1. The van der Waals surface area contributed by atoms with Crippen molar-refractivity contribution in [3.05, 3.63) is 58.6 Å². The number of hydrogen-bond donors (Lipinski definition) is 2. The van der Waals surface area contributed by atoms with Crippen molar-refractivity contribution < 1.29 is 14.6 Å². The Balaban J connectivity index is 1.71. The number of carbonyl (C=O) groups is 1. The van der Waals surface area contributed by atoms with Crippen LogP contribution in [-0.2, 0) is 4.79 Å². The van der Waals surface area contributed by atoms with Crippen LogP contribution in [0.4, 0.5) is 0 Å². The minimum absolute atomic E-state index is 0.0890. The molecular weight excluding hydrogens is 414 g/mol. The molecule has 0 unspecified atom stereocenters. The number of para-hydroxylation sites is 1. The molecule has 164 valence electrons. The zero-order chi connectivity index (χ0) is 22.0. The predicted molar refractivity (Wildman–Crippen MR) is 122 cm³/mol. The van der Waals surface area contributed by atoms with Gasteiger partial charge in [-0.05, 0) is 30.7 Å². The van der Waals surface area contributed by atoms with Gasteiger partial charge in [0.15, 0.2) is 11.5 Å². The molecule has 31 heavy (non-hydrogen) atoms. The second-order valence-corrected chi connectivity index (χ2v) is 8.57. The second kappa shape index (κ2) is 8.89. The van der Waals surface area contributed by atoms with Crippen LogP contribution in [0.1, 0.15) is 50.3 Å². The van der Waals surface area contributed by atoms with Crippen LogP contribution in [-0.4, -0.2) is 47.0 Å². The molecule has 2 heterocycles. The number of aromatic hydroxyl groups is 1. The lowest BCUT2D eigenvalue weighted by Gasteiger charge is -2.45. The Kier molecular flexibility index (Phi) is 6.21. The maximum atomic E-state index is 11.8. The summed E-state index contributed by atoms with van der Waals surface area (Å²) in [7, 11) is 0. The number of phenolic OH excluding ortho intramolecular Hbond substituents is 1. The number of likely N-dealkylation sites (tertiary alicyclic amines) is 1. The van der Waals surface area contributed by atoms with Gasteiger partial charge in [0.25, 0.3) is 0 Å². The van der Waals surface area contributed by atoms with E-state index in [4.69, 9.17) is 21.3 Å². The molecule has 1 fully saturated rings. The number of ether oxygens (including phenoxy) is 1. The van der Waals surface area contributed by atoms with Crippen molar-refractivity contribution in [1.82, 2.24) is 10.2 Å². The van der Waals surface area contributed by atoms with Gasteiger partial charge < -0.3 is 14.7 Å². The Labute approximate surface area is 187 Å². The summed E-state index contributed by atoms with van der Waals surface area (Å²) >= 11 is 6.09. The van der Waals surface area contributed by atoms with Crippen molar-refractivity contribution in [2.24, 2.45) is 4.99 Å². The van der Waals surface area contributed by atoms with Gasteiger partial charge in [-0.25, -0.2) is 0 Å². The molecule has 4 rings (SSSR count). The van der Waals surface area contributed by atoms with E-state index in [0.717, 1.165) is 16.8 Å². The minimum atomic E-state index is -0.488. The van der Waals surface area contributed by atoms with Crippen LogP contribution in [0.3, 0.4) is 0 Å². The predicted octanol–water partition coefficient (Wildman–Crippen LogP) is 4.31. The lowest BCUT2D eigenvalue weighted by atomic mass is 9.87. The summed E-state index contributed by atoms with van der Waals surface area (Å²) in [5.74, 6) is 0.736. The van der Waals surface area contributed by atoms with Crippen LogP contribution >= 0.6 is 11.6 Å². The van der Waals surface area contributed by atoms with Crippen molar-refractivity contribution in [3.63, 3.8) is 0 Å². The van der Waals surface area contributed by atoms with Crippen LogP contribution in [0.2, 0.25) is 5.02 Å². The number of aliphatic imine (C=N–C) groups is 1. The fourth-order valence-corrected chi connectivity index (χ4v) is 4.58. The van der Waals surface area contributed by atoms with Gasteiger partial charge in [0.2, 0.25) is 5.91 Å². The molecule has 2 aliphatic heterocycles. The van der Waals surface area contributed by atoms with Gasteiger partial charge >= 0.3 is 0 Å². The summed E-state index contributed by atoms with van der Waals surface area (Å²) in [6.07, 6.45) is 2.06. The summed E-state index contributed by atoms with van der Waals surface area (Å²) in [5, 5.41) is 15.3. The number of nitrogens with zero attached hydrogens (tertiary/aromatic N) is 2. The summed E-state index contributed by atoms with van der Waals surface area (Å²) in [5.41, 5.74) is 2.29. The standard InChI is InChI=1S/C24H28ClN3O3/c1-3-31-22-6-4-5-19(23(22)30)21-15-20(17-7-9-18(25)10-8-17)26-24(27-21)11-13-28(14-12-24)16(2)29/h4-10,21,27,30H,3,11-15H2,1-2H3/t21-/m1/s1. The zero-order valence-corrected chi connectivity index (χ0v) is 18.7. The van der Waals surface area contributed by atoms with Gasteiger partial charge in [-0.2, -0.15) is 0 Å². The summed E-state index contributed by atoms with van der Waals surface area (Å²) in [6, 6.07) is 13.2. The van der Waals surface area contributed by atoms with E-state index in [2.05, 4.69) is 5.32 Å². The van der Waals surface area contributed by atoms with E-state index in [1.807, 2.05) is 48.2 Å². The molecule has 0 saturated carbocycles. The second-order valence-electron chi connectivity index (χ2n) is 8.13. The monoisotopic (exact) mass is 441 g/mol. The number of halogens is 1. The average Bonchev–Trinajstić information content (AvgIpc) is 2.76. The number of benzene rings is 2. The maximum absolute atomic E-state index is 11.8. The fraction of sp³-hybridized carbons (Fsp3) is 0.417. The Morgan fingerprint density at radius 3 is 2.61 bits per heavy atom. The van der Waals surface area contributed by atoms with E-state index >= 15 is 0 Å². The van der Waals surface area contributed by atoms with Gasteiger partial charge in [0.1, 0.15) is 5.66 Å². The molecule has 1 saturated heterocycles. The number of piperidine rings is 1. The first-order valence-electron chi connectivity index (χ1n) is 10.7. The van der Waals surface area contributed by atoms with Gasteiger partial charge in [-0.3, -0.25) is 15.1 Å². The highest BCUT2D eigenvalue weighted by atomic mass is 35.5. The molecule has 6 nitrogen and oxygen atoms in total. The summed E-state index contributed by atoms with van der Waals surface area (Å²) in [6.45, 7) is 5.29. The van der Waals surface area contributed by atoms with Crippen molar-refractivity contribution in [3.8, 4) is 11.5 Å². The number of carbonyl (C=O) groups excluding carboxylic acids is 1.